The predicted octanol–water partition coefficient (Wildman–Crippen LogP) is 4.05. The molecule has 0 saturated heterocycles. The molecule has 2 N–H and O–H groups in total. The molecule has 192 valence electrons. The first-order valence-electron chi connectivity index (χ1n) is 10.7. The third kappa shape index (κ3) is 5.04. The molecule has 0 spiro atoms. The van der Waals surface area contributed by atoms with Crippen molar-refractivity contribution in [2.24, 2.45) is 5.73 Å². The summed E-state index contributed by atoms with van der Waals surface area (Å²) in [6.07, 6.45) is 1.56. The van der Waals surface area contributed by atoms with E-state index in [0.717, 1.165) is 11.3 Å². The van der Waals surface area contributed by atoms with Crippen LogP contribution in [-0.2, 0) is 19.1 Å². The number of nitrogens with two attached hydrogens (primary N) is 1. The van der Waals surface area contributed by atoms with E-state index in [2.05, 4.69) is 0 Å². The Morgan fingerprint density at radius 1 is 1.05 bits per heavy atom. The zero-order chi connectivity index (χ0) is 27.0. The fourth-order valence-electron chi connectivity index (χ4n) is 3.94. The van der Waals surface area contributed by atoms with Gasteiger partial charge in [0.2, 0.25) is 0 Å². The number of carbonyl (C=O) groups is 2. The minimum Gasteiger partial charge on any atom is -0.466 e. The van der Waals surface area contributed by atoms with Gasteiger partial charge < -0.3 is 15.2 Å². The molecule has 7 nitrogen and oxygen atoms in total. The molecular weight excluding hydrogens is 582 g/mol. The van der Waals surface area contributed by atoms with Gasteiger partial charge in [-0.25, -0.2) is 9.59 Å². The molecule has 0 bridgehead atoms. The number of ether oxygens (including phenoxy) is 2. The number of methoxy groups -OCH3 is 1. The Morgan fingerprint density at radius 3 is 2.30 bits per heavy atom. The third-order valence-electron chi connectivity index (χ3n) is 5.55. The first kappa shape index (κ1) is 27.3. The van der Waals surface area contributed by atoms with E-state index in [-0.39, 0.29) is 37.7 Å². The maximum absolute atomic E-state index is 13.9. The number of esters is 2. The third-order valence-corrected chi connectivity index (χ3v) is 7.78. The maximum Gasteiger partial charge on any atom is 0.343 e. The van der Waals surface area contributed by atoms with Crippen LogP contribution in [0.25, 0.3) is 11.6 Å². The van der Waals surface area contributed by atoms with E-state index in [9.17, 15) is 14.4 Å². The van der Waals surface area contributed by atoms with E-state index in [1.165, 1.54) is 17.7 Å². The fraction of sp³-hybridized carbons (Fsp3) is 0.160. The molecule has 0 saturated carbocycles. The predicted molar refractivity (Wildman–Crippen MR) is 146 cm³/mol. The number of hydrogen-bond acceptors (Lipinski definition) is 7. The van der Waals surface area contributed by atoms with Gasteiger partial charge in [0.15, 0.2) is 0 Å². The van der Waals surface area contributed by atoms with Gasteiger partial charge >= 0.3 is 11.9 Å². The standard InChI is InChI=1S/C25H18Cl4N2O5S/c1-3-36-25(34)19-20(30)18(24(33)35-2)21(14-7-6-13(27)10-16(14)29)31-22(32)17(37-23(19)31)8-11-4-5-12(26)9-15(11)28/h4-10,21H,3,30H2,1-2H3. The summed E-state index contributed by atoms with van der Waals surface area (Å²) in [6.45, 7) is 1.67. The smallest absolute Gasteiger partial charge is 0.343 e. The maximum atomic E-state index is 13.9. The van der Waals surface area contributed by atoms with Crippen LogP contribution in [0.4, 0.5) is 0 Å². The second-order valence-corrected chi connectivity index (χ2v) is 10.5. The molecule has 0 radical (unpaired) electrons. The van der Waals surface area contributed by atoms with E-state index in [4.69, 9.17) is 61.6 Å². The second kappa shape index (κ2) is 10.9. The molecule has 0 fully saturated rings. The highest BCUT2D eigenvalue weighted by Gasteiger charge is 2.39. The first-order valence-corrected chi connectivity index (χ1v) is 13.0. The molecule has 1 aliphatic rings. The van der Waals surface area contributed by atoms with Crippen molar-refractivity contribution in [2.75, 3.05) is 13.7 Å². The Kier molecular flexibility index (Phi) is 8.06. The summed E-state index contributed by atoms with van der Waals surface area (Å²) in [5.74, 6) is -1.64. The summed E-state index contributed by atoms with van der Waals surface area (Å²) in [4.78, 5) is 39.9. The zero-order valence-electron chi connectivity index (χ0n) is 19.3. The minimum absolute atomic E-state index is 0.0462. The van der Waals surface area contributed by atoms with E-state index in [1.807, 2.05) is 0 Å². The lowest BCUT2D eigenvalue weighted by Gasteiger charge is -2.27. The normalized spacial score (nSPS) is 15.6. The zero-order valence-corrected chi connectivity index (χ0v) is 23.2. The molecule has 1 atom stereocenters. The average Bonchev–Trinajstić information content (AvgIpc) is 3.15. The van der Waals surface area contributed by atoms with Gasteiger partial charge in [-0.15, -0.1) is 11.3 Å². The lowest BCUT2D eigenvalue weighted by molar-refractivity contribution is -0.136. The van der Waals surface area contributed by atoms with Crippen molar-refractivity contribution in [1.29, 1.82) is 0 Å². The monoisotopic (exact) mass is 598 g/mol. The van der Waals surface area contributed by atoms with Crippen LogP contribution in [0.1, 0.15) is 24.1 Å². The van der Waals surface area contributed by atoms with Crippen molar-refractivity contribution < 1.29 is 19.1 Å². The lowest BCUT2D eigenvalue weighted by atomic mass is 9.92. The van der Waals surface area contributed by atoms with Crippen molar-refractivity contribution >= 4 is 81.3 Å². The van der Waals surface area contributed by atoms with E-state index >= 15 is 0 Å². The summed E-state index contributed by atoms with van der Waals surface area (Å²) >= 11 is 25.9. The van der Waals surface area contributed by atoms with Crippen molar-refractivity contribution in [3.05, 3.63) is 98.4 Å². The van der Waals surface area contributed by atoms with Gasteiger partial charge in [0.05, 0.1) is 35.6 Å². The van der Waals surface area contributed by atoms with E-state index < -0.39 is 23.5 Å². The molecule has 1 aromatic heterocycles. The number of nitrogens with zero attached hydrogens (tertiary/aromatic N) is 1. The van der Waals surface area contributed by atoms with Crippen LogP contribution in [0, 0.1) is 0 Å². The molecule has 12 heteroatoms. The van der Waals surface area contributed by atoms with Gasteiger partial charge in [0, 0.05) is 20.1 Å². The molecule has 37 heavy (non-hydrogen) atoms. The number of aromatic nitrogens is 1. The highest BCUT2D eigenvalue weighted by Crippen LogP contribution is 2.36. The Bertz CT molecular complexity index is 1660. The minimum atomic E-state index is -1.11. The van der Waals surface area contributed by atoms with Crippen molar-refractivity contribution in [3.63, 3.8) is 0 Å². The van der Waals surface area contributed by atoms with Crippen LogP contribution in [0.5, 0.6) is 0 Å². The topological polar surface area (TPSA) is 101 Å². The summed E-state index contributed by atoms with van der Waals surface area (Å²) in [5, 5.41) is 1.29. The highest BCUT2D eigenvalue weighted by molar-refractivity contribution is 7.07. The Hall–Kier alpha value is -2.75. The molecule has 4 rings (SSSR count). The molecule has 0 amide bonds. The van der Waals surface area contributed by atoms with Crippen LogP contribution in [0.3, 0.4) is 0 Å². The van der Waals surface area contributed by atoms with E-state index in [1.54, 1.807) is 43.3 Å². The van der Waals surface area contributed by atoms with Gasteiger partial charge in [-0.3, -0.25) is 9.36 Å². The average molecular weight is 600 g/mol. The number of hydrogen-bond donors (Lipinski definition) is 1. The van der Waals surface area contributed by atoms with Crippen molar-refractivity contribution in [2.45, 2.75) is 13.0 Å². The SMILES string of the molecule is CCOC(=O)C1=c2sc(=Cc3ccc(Cl)cc3Cl)c(=O)n2C(c2ccc(Cl)cc2Cl)C(C(=O)OC)=C1N. The molecule has 1 aliphatic heterocycles. The van der Waals surface area contributed by atoms with E-state index in [0.29, 0.717) is 26.2 Å². The number of rotatable bonds is 5. The Balaban J connectivity index is 2.15. The van der Waals surface area contributed by atoms with Gasteiger partial charge in [-0.2, -0.15) is 0 Å². The molecule has 0 aliphatic carbocycles. The molecule has 1 unspecified atom stereocenters. The summed E-state index contributed by atoms with van der Waals surface area (Å²) in [7, 11) is 1.17. The van der Waals surface area contributed by atoms with Crippen LogP contribution < -0.4 is 20.5 Å². The summed E-state index contributed by atoms with van der Waals surface area (Å²) in [6, 6.07) is 8.34. The first-order chi connectivity index (χ1) is 17.6. The molecule has 2 aromatic carbocycles. The molecule has 3 aromatic rings. The Labute approximate surface area is 234 Å². The lowest BCUT2D eigenvalue weighted by Crippen LogP contribution is -2.43. The number of carbonyl (C=O) groups excluding carboxylic acids is 2. The number of benzene rings is 2. The quantitative estimate of drug-likeness (QED) is 0.444. The molecule has 2 heterocycles. The number of fused-ring (bicyclic) bond motifs is 1. The number of thiazole rings is 1. The van der Waals surface area contributed by atoms with Gasteiger partial charge in [0.25, 0.3) is 5.56 Å². The molecular formula is C25H18Cl4N2O5S. The van der Waals surface area contributed by atoms with Gasteiger partial charge in [-0.1, -0.05) is 58.5 Å². The van der Waals surface area contributed by atoms with Crippen LogP contribution in [0.2, 0.25) is 20.1 Å². The highest BCUT2D eigenvalue weighted by atomic mass is 35.5. The second-order valence-electron chi connectivity index (χ2n) is 7.74. The summed E-state index contributed by atoms with van der Waals surface area (Å²) < 4.78 is 11.9. The van der Waals surface area contributed by atoms with Gasteiger partial charge in [0.1, 0.15) is 10.2 Å². The fourth-order valence-corrected chi connectivity index (χ4v) is 6.08. The van der Waals surface area contributed by atoms with Gasteiger partial charge in [-0.05, 0) is 48.4 Å². The van der Waals surface area contributed by atoms with Crippen LogP contribution in [-0.4, -0.2) is 30.2 Å². The summed E-state index contributed by atoms with van der Waals surface area (Å²) in [5.41, 5.74) is 6.33. The Morgan fingerprint density at radius 2 is 1.70 bits per heavy atom. The van der Waals surface area contributed by atoms with Crippen LogP contribution in [0.15, 0.2) is 52.5 Å². The number of halogens is 4. The van der Waals surface area contributed by atoms with Crippen LogP contribution >= 0.6 is 57.7 Å². The largest absolute Gasteiger partial charge is 0.466 e. The van der Waals surface area contributed by atoms with Crippen molar-refractivity contribution in [1.82, 2.24) is 4.57 Å². The van der Waals surface area contributed by atoms with Crippen molar-refractivity contribution in [3.8, 4) is 0 Å².